The molecule has 2 fully saturated rings. The molecular weight excluding hydrogens is 382 g/mol. The van der Waals surface area contributed by atoms with Crippen molar-refractivity contribution >= 4 is 29.3 Å². The van der Waals surface area contributed by atoms with E-state index in [0.29, 0.717) is 29.7 Å². The zero-order valence-electron chi connectivity index (χ0n) is 16.5. The van der Waals surface area contributed by atoms with Crippen LogP contribution in [0.15, 0.2) is 54.6 Å². The third-order valence-corrected chi connectivity index (χ3v) is 5.76. The number of nitrogens with zero attached hydrogens (tertiary/aromatic N) is 1. The highest BCUT2D eigenvalue weighted by Crippen LogP contribution is 2.33. The van der Waals surface area contributed by atoms with Crippen LogP contribution in [0.1, 0.15) is 52.8 Å². The van der Waals surface area contributed by atoms with Crippen LogP contribution in [0.2, 0.25) is 0 Å². The first-order valence-corrected chi connectivity index (χ1v) is 10.1. The van der Waals surface area contributed by atoms with Gasteiger partial charge in [0.1, 0.15) is 5.54 Å². The van der Waals surface area contributed by atoms with Crippen molar-refractivity contribution in [3.63, 3.8) is 0 Å². The SMILES string of the molecule is O=C(CN1C(=O)NC2(CCCCC2)C1=O)c1ccc(NC(=O)c2ccccc2)cc1. The number of hydrogen-bond donors (Lipinski definition) is 2. The van der Waals surface area contributed by atoms with Gasteiger partial charge in [0.05, 0.1) is 6.54 Å². The smallest absolute Gasteiger partial charge is 0.323 e. The highest BCUT2D eigenvalue weighted by atomic mass is 16.2. The summed E-state index contributed by atoms with van der Waals surface area (Å²) < 4.78 is 0. The van der Waals surface area contributed by atoms with Gasteiger partial charge >= 0.3 is 6.03 Å². The Labute approximate surface area is 174 Å². The highest BCUT2D eigenvalue weighted by molar-refractivity contribution is 6.11. The van der Waals surface area contributed by atoms with E-state index >= 15 is 0 Å². The number of imide groups is 1. The molecule has 0 atom stereocenters. The number of amides is 4. The summed E-state index contributed by atoms with van der Waals surface area (Å²) in [6.45, 7) is -0.290. The quantitative estimate of drug-likeness (QED) is 0.589. The van der Waals surface area contributed by atoms with Crippen molar-refractivity contribution < 1.29 is 19.2 Å². The van der Waals surface area contributed by atoms with E-state index in [1.807, 2.05) is 6.07 Å². The number of carbonyl (C=O) groups is 4. The van der Waals surface area contributed by atoms with Crippen LogP contribution in [0.4, 0.5) is 10.5 Å². The van der Waals surface area contributed by atoms with Crippen molar-refractivity contribution in [3.8, 4) is 0 Å². The summed E-state index contributed by atoms with van der Waals surface area (Å²) in [4.78, 5) is 51.0. The van der Waals surface area contributed by atoms with Crippen molar-refractivity contribution in [3.05, 3.63) is 65.7 Å². The molecule has 1 saturated carbocycles. The van der Waals surface area contributed by atoms with Gasteiger partial charge in [-0.2, -0.15) is 0 Å². The van der Waals surface area contributed by atoms with Crippen LogP contribution in [0.5, 0.6) is 0 Å². The normalized spacial score (nSPS) is 17.7. The van der Waals surface area contributed by atoms with Crippen molar-refractivity contribution in [1.29, 1.82) is 0 Å². The Balaban J connectivity index is 1.40. The molecule has 2 aromatic carbocycles. The molecule has 4 rings (SSSR count). The molecule has 0 aromatic heterocycles. The number of urea groups is 1. The third-order valence-electron chi connectivity index (χ3n) is 5.76. The first-order valence-electron chi connectivity index (χ1n) is 10.1. The molecule has 1 aliphatic carbocycles. The van der Waals surface area contributed by atoms with Crippen molar-refractivity contribution in [2.45, 2.75) is 37.6 Å². The molecule has 7 heteroatoms. The van der Waals surface area contributed by atoms with Gasteiger partial charge < -0.3 is 10.6 Å². The number of ketones is 1. The summed E-state index contributed by atoms with van der Waals surface area (Å²) in [5, 5.41) is 5.58. The van der Waals surface area contributed by atoms with Gasteiger partial charge in [0, 0.05) is 16.8 Å². The van der Waals surface area contributed by atoms with Gasteiger partial charge in [0.15, 0.2) is 5.78 Å². The third kappa shape index (κ3) is 3.83. The van der Waals surface area contributed by atoms with E-state index in [1.165, 1.54) is 0 Å². The molecule has 2 aromatic rings. The molecular formula is C23H23N3O4. The lowest BCUT2D eigenvalue weighted by atomic mass is 9.82. The average molecular weight is 405 g/mol. The second-order valence-electron chi connectivity index (χ2n) is 7.78. The van der Waals surface area contributed by atoms with Gasteiger partial charge in [-0.3, -0.25) is 19.3 Å². The minimum atomic E-state index is -0.832. The van der Waals surface area contributed by atoms with Crippen molar-refractivity contribution in [2.75, 3.05) is 11.9 Å². The topological polar surface area (TPSA) is 95.6 Å². The molecule has 0 radical (unpaired) electrons. The zero-order valence-corrected chi connectivity index (χ0v) is 16.5. The average Bonchev–Trinajstić information content (AvgIpc) is 2.99. The lowest BCUT2D eigenvalue weighted by molar-refractivity contribution is -0.132. The molecule has 0 unspecified atom stereocenters. The van der Waals surface area contributed by atoms with Gasteiger partial charge in [-0.05, 0) is 49.2 Å². The first kappa shape index (κ1) is 19.8. The molecule has 4 amide bonds. The maximum absolute atomic E-state index is 12.8. The Morgan fingerprint density at radius 3 is 2.23 bits per heavy atom. The highest BCUT2D eigenvalue weighted by Gasteiger charge is 2.51. The second-order valence-corrected chi connectivity index (χ2v) is 7.78. The summed E-state index contributed by atoms with van der Waals surface area (Å²) in [6, 6.07) is 14.7. The molecule has 7 nitrogen and oxygen atoms in total. The van der Waals surface area contributed by atoms with Crippen LogP contribution in [0, 0.1) is 0 Å². The summed E-state index contributed by atoms with van der Waals surface area (Å²) in [7, 11) is 0. The molecule has 1 spiro atoms. The Kier molecular flexibility index (Phi) is 5.35. The van der Waals surface area contributed by atoms with Crippen LogP contribution < -0.4 is 10.6 Å². The van der Waals surface area contributed by atoms with E-state index in [1.54, 1.807) is 48.5 Å². The number of anilines is 1. The number of Topliss-reactive ketones (excluding diaryl/α,β-unsaturated/α-hetero) is 1. The lowest BCUT2D eigenvalue weighted by Gasteiger charge is -2.30. The van der Waals surface area contributed by atoms with Crippen LogP contribution in [0.25, 0.3) is 0 Å². The summed E-state index contributed by atoms with van der Waals surface area (Å²) >= 11 is 0. The Morgan fingerprint density at radius 1 is 0.900 bits per heavy atom. The largest absolute Gasteiger partial charge is 0.325 e. The molecule has 1 saturated heterocycles. The molecule has 1 aliphatic heterocycles. The molecule has 0 bridgehead atoms. The maximum Gasteiger partial charge on any atom is 0.325 e. The molecule has 154 valence electrons. The fraction of sp³-hybridized carbons (Fsp3) is 0.304. The molecule has 2 N–H and O–H groups in total. The molecule has 30 heavy (non-hydrogen) atoms. The number of benzene rings is 2. The van der Waals surface area contributed by atoms with Crippen LogP contribution in [0.3, 0.4) is 0 Å². The first-order chi connectivity index (χ1) is 14.5. The van der Waals surface area contributed by atoms with Gasteiger partial charge in [-0.25, -0.2) is 4.79 Å². The number of hydrogen-bond acceptors (Lipinski definition) is 4. The lowest BCUT2D eigenvalue weighted by Crippen LogP contribution is -2.48. The summed E-state index contributed by atoms with van der Waals surface area (Å²) in [5.41, 5.74) is 0.628. The van der Waals surface area contributed by atoms with E-state index in [-0.39, 0.29) is 24.1 Å². The predicted molar refractivity (Wildman–Crippen MR) is 111 cm³/mol. The Bertz CT molecular complexity index is 979. The summed E-state index contributed by atoms with van der Waals surface area (Å²) in [5.74, 6) is -0.869. The van der Waals surface area contributed by atoms with E-state index < -0.39 is 11.6 Å². The predicted octanol–water partition coefficient (Wildman–Crippen LogP) is 3.38. The molecule has 1 heterocycles. The summed E-state index contributed by atoms with van der Waals surface area (Å²) in [6.07, 6.45) is 4.08. The minimum Gasteiger partial charge on any atom is -0.323 e. The van der Waals surface area contributed by atoms with Crippen molar-refractivity contribution in [2.24, 2.45) is 0 Å². The Hall–Kier alpha value is -3.48. The number of rotatable bonds is 5. The minimum absolute atomic E-state index is 0.244. The van der Waals surface area contributed by atoms with E-state index in [4.69, 9.17) is 0 Å². The van der Waals surface area contributed by atoms with Gasteiger partial charge in [0.25, 0.3) is 11.8 Å². The van der Waals surface area contributed by atoms with Gasteiger partial charge in [-0.1, -0.05) is 37.5 Å². The Morgan fingerprint density at radius 2 is 1.57 bits per heavy atom. The van der Waals surface area contributed by atoms with Gasteiger partial charge in [0.2, 0.25) is 0 Å². The van der Waals surface area contributed by atoms with E-state index in [9.17, 15) is 19.2 Å². The second kappa shape index (κ2) is 8.10. The van der Waals surface area contributed by atoms with E-state index in [2.05, 4.69) is 10.6 Å². The zero-order chi connectivity index (χ0) is 21.1. The van der Waals surface area contributed by atoms with Gasteiger partial charge in [-0.15, -0.1) is 0 Å². The van der Waals surface area contributed by atoms with Crippen LogP contribution in [-0.2, 0) is 4.79 Å². The number of nitrogens with one attached hydrogen (secondary N) is 2. The monoisotopic (exact) mass is 405 g/mol. The standard InChI is InChI=1S/C23H23N3O4/c27-19(15-26-21(29)23(25-22(26)30)13-5-2-6-14-23)16-9-11-18(12-10-16)24-20(28)17-7-3-1-4-8-17/h1,3-4,7-12H,2,5-6,13-15H2,(H,24,28)(H,25,30). The fourth-order valence-corrected chi connectivity index (χ4v) is 4.08. The fourth-order valence-electron chi connectivity index (χ4n) is 4.08. The van der Waals surface area contributed by atoms with E-state index in [0.717, 1.165) is 24.2 Å². The number of carbonyl (C=O) groups excluding carboxylic acids is 4. The maximum atomic E-state index is 12.8. The molecule has 2 aliphatic rings. The van der Waals surface area contributed by atoms with Crippen molar-refractivity contribution in [1.82, 2.24) is 10.2 Å². The van der Waals surface area contributed by atoms with Crippen LogP contribution in [-0.4, -0.2) is 40.6 Å². The van der Waals surface area contributed by atoms with Crippen LogP contribution >= 0.6 is 0 Å².